The second kappa shape index (κ2) is 4.04. The van der Waals surface area contributed by atoms with E-state index in [1.165, 1.54) is 0 Å². The molecule has 1 rings (SSSR count). The van der Waals surface area contributed by atoms with Gasteiger partial charge in [-0.15, -0.1) is 0 Å². The number of hydrogen-bond donors (Lipinski definition) is 0. The van der Waals surface area contributed by atoms with Gasteiger partial charge in [0.2, 0.25) is 0 Å². The number of hydrogen-bond acceptors (Lipinski definition) is 1. The Morgan fingerprint density at radius 3 is 2.85 bits per heavy atom. The average Bonchev–Trinajstić information content (AvgIpc) is 2.17. The van der Waals surface area contributed by atoms with Crippen LogP contribution in [0.25, 0.3) is 0 Å². The largest absolute Gasteiger partial charge is 0.250 e. The van der Waals surface area contributed by atoms with Crippen LogP contribution in [0.4, 0.5) is 4.39 Å². The molecule has 0 saturated carbocycles. The Morgan fingerprint density at radius 2 is 2.31 bits per heavy atom. The van der Waals surface area contributed by atoms with Crippen LogP contribution in [0.3, 0.4) is 0 Å². The molecule has 0 aromatic heterocycles. The molecule has 0 spiro atoms. The van der Waals surface area contributed by atoms with E-state index in [4.69, 9.17) is 5.26 Å². The number of benzene rings is 1. The summed E-state index contributed by atoms with van der Waals surface area (Å²) in [5, 5.41) is 8.73. The van der Waals surface area contributed by atoms with Crippen molar-refractivity contribution in [3.05, 3.63) is 41.8 Å². The first-order valence-electron chi connectivity index (χ1n) is 4.08. The second-order valence-corrected chi connectivity index (χ2v) is 3.04. The molecular formula is C11H11FN. The van der Waals surface area contributed by atoms with Gasteiger partial charge in [-0.2, -0.15) is 5.26 Å². The van der Waals surface area contributed by atoms with Gasteiger partial charge in [-0.25, -0.2) is 0 Å². The molecule has 0 aliphatic heterocycles. The summed E-state index contributed by atoms with van der Waals surface area (Å²) in [6.45, 7) is 5.01. The summed E-state index contributed by atoms with van der Waals surface area (Å²) in [5.41, 5.74) is 2.29. The predicted molar refractivity (Wildman–Crippen MR) is 50.0 cm³/mol. The summed E-state index contributed by atoms with van der Waals surface area (Å²) in [7, 11) is 0. The summed E-state index contributed by atoms with van der Waals surface area (Å²) < 4.78 is 12.3. The van der Waals surface area contributed by atoms with E-state index >= 15 is 0 Å². The van der Waals surface area contributed by atoms with E-state index in [9.17, 15) is 4.39 Å². The van der Waals surface area contributed by atoms with Crippen molar-refractivity contribution in [3.8, 4) is 6.07 Å². The minimum atomic E-state index is -0.492. The van der Waals surface area contributed by atoms with E-state index in [0.29, 0.717) is 5.56 Å². The van der Waals surface area contributed by atoms with Gasteiger partial charge in [0.1, 0.15) is 0 Å². The Kier molecular flexibility index (Phi) is 3.02. The second-order valence-electron chi connectivity index (χ2n) is 3.04. The molecule has 0 aliphatic rings. The molecule has 0 saturated heterocycles. The first kappa shape index (κ1) is 9.73. The number of rotatable bonds is 2. The summed E-state index contributed by atoms with van der Waals surface area (Å²) in [6, 6.07) is 7.40. The summed E-state index contributed by atoms with van der Waals surface area (Å²) >= 11 is 0. The van der Waals surface area contributed by atoms with Crippen molar-refractivity contribution < 1.29 is 4.39 Å². The normalized spacial score (nSPS) is 12.2. The van der Waals surface area contributed by atoms with Crippen LogP contribution in [0.15, 0.2) is 18.2 Å². The highest BCUT2D eigenvalue weighted by Gasteiger charge is 2.06. The Balaban J connectivity index is 3.08. The van der Waals surface area contributed by atoms with E-state index in [-0.39, 0.29) is 5.92 Å². The lowest BCUT2D eigenvalue weighted by Crippen LogP contribution is -1.97. The van der Waals surface area contributed by atoms with E-state index in [1.807, 2.05) is 19.1 Å². The topological polar surface area (TPSA) is 23.8 Å². The van der Waals surface area contributed by atoms with Crippen LogP contribution in [0.5, 0.6) is 0 Å². The van der Waals surface area contributed by atoms with Crippen LogP contribution in [-0.2, 0) is 0 Å². The van der Waals surface area contributed by atoms with Crippen molar-refractivity contribution in [2.24, 2.45) is 0 Å². The lowest BCUT2D eigenvalue weighted by Gasteiger charge is -2.07. The molecule has 67 valence electrons. The monoisotopic (exact) mass is 176 g/mol. The maximum atomic E-state index is 12.3. The maximum absolute atomic E-state index is 12.3. The lowest BCUT2D eigenvalue weighted by atomic mass is 9.98. The third kappa shape index (κ3) is 2.06. The Hall–Kier alpha value is -1.36. The van der Waals surface area contributed by atoms with Crippen LogP contribution >= 0.6 is 0 Å². The van der Waals surface area contributed by atoms with Gasteiger partial charge in [0.15, 0.2) is 0 Å². The fourth-order valence-corrected chi connectivity index (χ4v) is 1.10. The van der Waals surface area contributed by atoms with Gasteiger partial charge in [-0.05, 0) is 31.0 Å². The first-order chi connectivity index (χ1) is 6.19. The Bertz CT molecular complexity index is 338. The van der Waals surface area contributed by atoms with Crippen LogP contribution in [0, 0.1) is 25.2 Å². The van der Waals surface area contributed by atoms with Crippen LogP contribution < -0.4 is 0 Å². The number of aryl methyl sites for hydroxylation is 1. The van der Waals surface area contributed by atoms with Gasteiger partial charge in [0.05, 0.1) is 18.3 Å². The van der Waals surface area contributed by atoms with Crippen LogP contribution in [-0.4, -0.2) is 6.67 Å². The smallest absolute Gasteiger partial charge is 0.0994 e. The molecule has 1 nitrogen and oxygen atoms in total. The molecule has 0 bridgehead atoms. The summed E-state index contributed by atoms with van der Waals surface area (Å²) in [6.07, 6.45) is 0. The standard InChI is InChI=1S/C11H11FN/c1-8-3-4-10(9(2)6-12)5-11(8)7-13/h3-5,9H,2,6H2,1H3. The molecule has 1 radical (unpaired) electrons. The molecule has 2 heteroatoms. The zero-order chi connectivity index (χ0) is 9.84. The fourth-order valence-electron chi connectivity index (χ4n) is 1.10. The van der Waals surface area contributed by atoms with Gasteiger partial charge < -0.3 is 0 Å². The third-order valence-corrected chi connectivity index (χ3v) is 2.04. The minimum Gasteiger partial charge on any atom is -0.250 e. The average molecular weight is 176 g/mol. The number of nitrogens with zero attached hydrogens (tertiary/aromatic N) is 1. The molecule has 13 heavy (non-hydrogen) atoms. The van der Waals surface area contributed by atoms with Crippen molar-refractivity contribution in [1.82, 2.24) is 0 Å². The molecule has 1 atom stereocenters. The number of alkyl halides is 1. The Morgan fingerprint density at radius 1 is 1.62 bits per heavy atom. The highest BCUT2D eigenvalue weighted by molar-refractivity contribution is 5.41. The molecule has 0 N–H and O–H groups in total. The highest BCUT2D eigenvalue weighted by Crippen LogP contribution is 2.18. The summed E-state index contributed by atoms with van der Waals surface area (Å²) in [5.74, 6) is -0.368. The lowest BCUT2D eigenvalue weighted by molar-refractivity contribution is 0.465. The van der Waals surface area contributed by atoms with Crippen molar-refractivity contribution in [1.29, 1.82) is 5.26 Å². The first-order valence-corrected chi connectivity index (χ1v) is 4.08. The number of halogens is 1. The SMILES string of the molecule is [CH2]C(CF)c1ccc(C)c(C#N)c1. The van der Waals surface area contributed by atoms with E-state index in [2.05, 4.69) is 13.0 Å². The molecule has 0 amide bonds. The minimum absolute atomic E-state index is 0.368. The van der Waals surface area contributed by atoms with Crippen molar-refractivity contribution in [3.63, 3.8) is 0 Å². The molecule has 0 aliphatic carbocycles. The molecule has 1 unspecified atom stereocenters. The molecular weight excluding hydrogens is 165 g/mol. The predicted octanol–water partition coefficient (Wildman–Crippen LogP) is 2.75. The van der Waals surface area contributed by atoms with Crippen LogP contribution in [0.2, 0.25) is 0 Å². The van der Waals surface area contributed by atoms with Gasteiger partial charge in [0.25, 0.3) is 0 Å². The summed E-state index contributed by atoms with van der Waals surface area (Å²) in [4.78, 5) is 0. The molecule has 1 aromatic carbocycles. The van der Waals surface area contributed by atoms with E-state index in [1.54, 1.807) is 6.07 Å². The zero-order valence-corrected chi connectivity index (χ0v) is 7.55. The quantitative estimate of drug-likeness (QED) is 0.679. The van der Waals surface area contributed by atoms with Gasteiger partial charge in [0, 0.05) is 5.92 Å². The zero-order valence-electron chi connectivity index (χ0n) is 7.55. The van der Waals surface area contributed by atoms with Crippen molar-refractivity contribution in [2.75, 3.05) is 6.67 Å². The maximum Gasteiger partial charge on any atom is 0.0994 e. The van der Waals surface area contributed by atoms with Crippen LogP contribution in [0.1, 0.15) is 22.6 Å². The molecule has 0 fully saturated rings. The van der Waals surface area contributed by atoms with Gasteiger partial charge in [-0.3, -0.25) is 4.39 Å². The van der Waals surface area contributed by atoms with E-state index < -0.39 is 6.67 Å². The van der Waals surface area contributed by atoms with Crippen molar-refractivity contribution >= 4 is 0 Å². The highest BCUT2D eigenvalue weighted by atomic mass is 19.1. The van der Waals surface area contributed by atoms with Gasteiger partial charge in [-0.1, -0.05) is 12.1 Å². The van der Waals surface area contributed by atoms with E-state index in [0.717, 1.165) is 11.1 Å². The number of nitriles is 1. The molecule has 0 heterocycles. The fraction of sp³-hybridized carbons (Fsp3) is 0.273. The van der Waals surface area contributed by atoms with Crippen molar-refractivity contribution in [2.45, 2.75) is 12.8 Å². The Labute approximate surface area is 77.8 Å². The third-order valence-electron chi connectivity index (χ3n) is 2.04. The molecule has 1 aromatic rings. The van der Waals surface area contributed by atoms with Gasteiger partial charge >= 0.3 is 0 Å².